The molecule has 3 rings (SSSR count). The first-order valence-corrected chi connectivity index (χ1v) is 9.82. The quantitative estimate of drug-likeness (QED) is 0.776. The average molecular weight is 370 g/mol. The minimum absolute atomic E-state index is 0.0375. The fourth-order valence-electron chi connectivity index (χ4n) is 3.54. The number of amides is 1. The molecular weight excluding hydrogens is 340 g/mol. The SMILES string of the molecule is CC(C)CC(CNC(=O)COc1ccc2ccccc2c1)N1CCOCC1. The van der Waals surface area contributed by atoms with E-state index in [9.17, 15) is 4.79 Å². The average Bonchev–Trinajstić information content (AvgIpc) is 2.69. The third-order valence-electron chi connectivity index (χ3n) is 4.93. The zero-order valence-electron chi connectivity index (χ0n) is 16.3. The summed E-state index contributed by atoms with van der Waals surface area (Å²) in [6.07, 6.45) is 1.06. The summed E-state index contributed by atoms with van der Waals surface area (Å²) in [6.45, 7) is 8.53. The first-order valence-electron chi connectivity index (χ1n) is 9.82. The van der Waals surface area contributed by atoms with Crippen LogP contribution < -0.4 is 10.1 Å². The smallest absolute Gasteiger partial charge is 0.257 e. The molecule has 0 radical (unpaired) electrons. The van der Waals surface area contributed by atoms with Gasteiger partial charge < -0.3 is 14.8 Å². The third kappa shape index (κ3) is 5.94. The molecule has 1 aliphatic heterocycles. The van der Waals surface area contributed by atoms with E-state index in [1.807, 2.05) is 36.4 Å². The fourth-order valence-corrected chi connectivity index (χ4v) is 3.54. The monoisotopic (exact) mass is 370 g/mol. The Kier molecular flexibility index (Phi) is 7.07. The molecule has 5 nitrogen and oxygen atoms in total. The lowest BCUT2D eigenvalue weighted by Gasteiger charge is -2.35. The van der Waals surface area contributed by atoms with Crippen molar-refractivity contribution in [1.29, 1.82) is 0 Å². The number of carbonyl (C=O) groups excluding carboxylic acids is 1. The predicted octanol–water partition coefficient (Wildman–Crippen LogP) is 3.08. The Balaban J connectivity index is 1.49. The summed E-state index contributed by atoms with van der Waals surface area (Å²) < 4.78 is 11.1. The summed E-state index contributed by atoms with van der Waals surface area (Å²) in [5.41, 5.74) is 0. The number of hydrogen-bond donors (Lipinski definition) is 1. The van der Waals surface area contributed by atoms with Crippen molar-refractivity contribution in [1.82, 2.24) is 10.2 Å². The van der Waals surface area contributed by atoms with Crippen molar-refractivity contribution in [2.75, 3.05) is 39.5 Å². The van der Waals surface area contributed by atoms with Gasteiger partial charge in [0.15, 0.2) is 6.61 Å². The van der Waals surface area contributed by atoms with Crippen molar-refractivity contribution in [2.45, 2.75) is 26.3 Å². The molecule has 1 heterocycles. The van der Waals surface area contributed by atoms with Crippen LogP contribution in [0.1, 0.15) is 20.3 Å². The molecule has 27 heavy (non-hydrogen) atoms. The predicted molar refractivity (Wildman–Crippen MR) is 108 cm³/mol. The van der Waals surface area contributed by atoms with Gasteiger partial charge in [-0.15, -0.1) is 0 Å². The van der Waals surface area contributed by atoms with E-state index in [-0.39, 0.29) is 12.5 Å². The van der Waals surface area contributed by atoms with Crippen LogP contribution in [-0.2, 0) is 9.53 Å². The topological polar surface area (TPSA) is 50.8 Å². The second-order valence-corrected chi connectivity index (χ2v) is 7.53. The van der Waals surface area contributed by atoms with Gasteiger partial charge in [0.25, 0.3) is 5.91 Å². The molecule has 1 unspecified atom stereocenters. The van der Waals surface area contributed by atoms with Crippen LogP contribution in [0.3, 0.4) is 0 Å². The van der Waals surface area contributed by atoms with Gasteiger partial charge in [-0.05, 0) is 35.2 Å². The van der Waals surface area contributed by atoms with Gasteiger partial charge >= 0.3 is 0 Å². The molecule has 1 saturated heterocycles. The first kappa shape index (κ1) is 19.6. The molecule has 2 aromatic rings. The van der Waals surface area contributed by atoms with E-state index in [1.54, 1.807) is 0 Å². The number of carbonyl (C=O) groups is 1. The van der Waals surface area contributed by atoms with Crippen LogP contribution in [0.2, 0.25) is 0 Å². The second kappa shape index (κ2) is 9.72. The second-order valence-electron chi connectivity index (χ2n) is 7.53. The Morgan fingerprint density at radius 1 is 1.15 bits per heavy atom. The highest BCUT2D eigenvalue weighted by Crippen LogP contribution is 2.20. The normalized spacial score (nSPS) is 16.4. The summed E-state index contributed by atoms with van der Waals surface area (Å²) in [5.74, 6) is 1.23. The van der Waals surface area contributed by atoms with E-state index in [1.165, 1.54) is 0 Å². The van der Waals surface area contributed by atoms with Crippen molar-refractivity contribution in [3.63, 3.8) is 0 Å². The van der Waals surface area contributed by atoms with Gasteiger partial charge in [0.2, 0.25) is 0 Å². The Hall–Kier alpha value is -2.11. The largest absolute Gasteiger partial charge is 0.484 e. The standard InChI is InChI=1S/C22H30N2O3/c1-17(2)13-20(24-9-11-26-12-10-24)15-23-22(25)16-27-21-8-7-18-5-3-4-6-19(18)14-21/h3-8,14,17,20H,9-13,15-16H2,1-2H3,(H,23,25). The number of nitrogens with one attached hydrogen (secondary N) is 1. The Morgan fingerprint density at radius 2 is 1.89 bits per heavy atom. The molecule has 0 aromatic heterocycles. The molecule has 1 N–H and O–H groups in total. The van der Waals surface area contributed by atoms with Gasteiger partial charge in [-0.25, -0.2) is 0 Å². The Morgan fingerprint density at radius 3 is 2.63 bits per heavy atom. The summed E-state index contributed by atoms with van der Waals surface area (Å²) in [4.78, 5) is 14.7. The van der Waals surface area contributed by atoms with Crippen LogP contribution in [0.15, 0.2) is 42.5 Å². The van der Waals surface area contributed by atoms with Crippen LogP contribution >= 0.6 is 0 Å². The molecule has 1 aliphatic rings. The lowest BCUT2D eigenvalue weighted by Crippen LogP contribution is -2.49. The molecule has 1 amide bonds. The van der Waals surface area contributed by atoms with Crippen LogP contribution in [0.5, 0.6) is 5.75 Å². The Labute approximate surface area is 161 Å². The number of nitrogens with zero attached hydrogens (tertiary/aromatic N) is 1. The zero-order valence-corrected chi connectivity index (χ0v) is 16.3. The zero-order chi connectivity index (χ0) is 19.1. The molecule has 0 saturated carbocycles. The molecule has 2 aromatic carbocycles. The van der Waals surface area contributed by atoms with E-state index in [2.05, 4.69) is 30.1 Å². The fraction of sp³-hybridized carbons (Fsp3) is 0.500. The summed E-state index contributed by atoms with van der Waals surface area (Å²) in [7, 11) is 0. The molecular formula is C22H30N2O3. The highest BCUT2D eigenvalue weighted by atomic mass is 16.5. The van der Waals surface area contributed by atoms with E-state index in [4.69, 9.17) is 9.47 Å². The summed E-state index contributed by atoms with van der Waals surface area (Å²) in [5, 5.41) is 5.32. The molecule has 146 valence electrons. The molecule has 1 atom stereocenters. The Bertz CT molecular complexity index is 741. The first-order chi connectivity index (χ1) is 13.1. The number of morpholine rings is 1. The van der Waals surface area contributed by atoms with Crippen molar-refractivity contribution in [2.24, 2.45) is 5.92 Å². The van der Waals surface area contributed by atoms with Gasteiger partial charge in [-0.1, -0.05) is 44.2 Å². The summed E-state index contributed by atoms with van der Waals surface area (Å²) in [6, 6.07) is 14.4. The molecule has 0 aliphatic carbocycles. The van der Waals surface area contributed by atoms with Crippen LogP contribution in [0.4, 0.5) is 0 Å². The summed E-state index contributed by atoms with van der Waals surface area (Å²) >= 11 is 0. The van der Waals surface area contributed by atoms with E-state index in [0.717, 1.165) is 49.2 Å². The lowest BCUT2D eigenvalue weighted by atomic mass is 10.0. The maximum absolute atomic E-state index is 12.3. The minimum atomic E-state index is -0.0785. The number of benzene rings is 2. The van der Waals surface area contributed by atoms with Crippen molar-refractivity contribution in [3.8, 4) is 5.75 Å². The maximum Gasteiger partial charge on any atom is 0.257 e. The molecule has 0 spiro atoms. The maximum atomic E-state index is 12.3. The third-order valence-corrected chi connectivity index (χ3v) is 4.93. The number of fused-ring (bicyclic) bond motifs is 1. The number of rotatable bonds is 8. The molecule has 5 heteroatoms. The van der Waals surface area contributed by atoms with Gasteiger partial charge in [0.1, 0.15) is 5.75 Å². The van der Waals surface area contributed by atoms with E-state index < -0.39 is 0 Å². The van der Waals surface area contributed by atoms with Gasteiger partial charge in [0.05, 0.1) is 13.2 Å². The van der Waals surface area contributed by atoms with Crippen LogP contribution in [0.25, 0.3) is 10.8 Å². The van der Waals surface area contributed by atoms with E-state index in [0.29, 0.717) is 18.5 Å². The number of ether oxygens (including phenoxy) is 2. The minimum Gasteiger partial charge on any atom is -0.484 e. The number of hydrogen-bond acceptors (Lipinski definition) is 4. The van der Waals surface area contributed by atoms with Crippen molar-refractivity contribution < 1.29 is 14.3 Å². The van der Waals surface area contributed by atoms with Gasteiger partial charge in [0, 0.05) is 25.7 Å². The lowest BCUT2D eigenvalue weighted by molar-refractivity contribution is -0.123. The molecule has 0 bridgehead atoms. The highest BCUT2D eigenvalue weighted by molar-refractivity contribution is 5.84. The van der Waals surface area contributed by atoms with Crippen LogP contribution in [0, 0.1) is 5.92 Å². The van der Waals surface area contributed by atoms with Crippen molar-refractivity contribution >= 4 is 16.7 Å². The highest BCUT2D eigenvalue weighted by Gasteiger charge is 2.22. The van der Waals surface area contributed by atoms with Gasteiger partial charge in [-0.3, -0.25) is 9.69 Å². The van der Waals surface area contributed by atoms with Crippen molar-refractivity contribution in [3.05, 3.63) is 42.5 Å². The van der Waals surface area contributed by atoms with Gasteiger partial charge in [-0.2, -0.15) is 0 Å². The van der Waals surface area contributed by atoms with Crippen LogP contribution in [-0.4, -0.2) is 56.3 Å². The van der Waals surface area contributed by atoms with E-state index >= 15 is 0 Å². The molecule has 1 fully saturated rings.